The van der Waals surface area contributed by atoms with Gasteiger partial charge in [-0.25, -0.2) is 0 Å². The van der Waals surface area contributed by atoms with E-state index in [4.69, 9.17) is 0 Å². The summed E-state index contributed by atoms with van der Waals surface area (Å²) < 4.78 is 1.01. The van der Waals surface area contributed by atoms with Crippen molar-refractivity contribution in [1.82, 2.24) is 0 Å². The van der Waals surface area contributed by atoms with Crippen molar-refractivity contribution in [1.29, 1.82) is 0 Å². The third-order valence-corrected chi connectivity index (χ3v) is 5.19. The second kappa shape index (κ2) is 16.4. The second-order valence-corrected chi connectivity index (χ2v) is 7.57. The van der Waals surface area contributed by atoms with E-state index in [2.05, 4.69) is 6.92 Å². The molecule has 0 amide bonds. The van der Waals surface area contributed by atoms with Gasteiger partial charge in [0.1, 0.15) is 0 Å². The van der Waals surface area contributed by atoms with Crippen LogP contribution in [0.5, 0.6) is 0 Å². The Bertz CT molecular complexity index is 405. The number of pyridine rings is 1. The van der Waals surface area contributed by atoms with Gasteiger partial charge in [-0.1, -0.05) is 109 Å². The van der Waals surface area contributed by atoms with E-state index in [0.717, 1.165) is 23.3 Å². The Morgan fingerprint density at radius 2 is 1.08 bits per heavy atom. The van der Waals surface area contributed by atoms with E-state index in [9.17, 15) is 5.21 Å². The molecule has 25 heavy (non-hydrogen) atoms. The lowest BCUT2D eigenvalue weighted by atomic mass is 10.0. The van der Waals surface area contributed by atoms with Gasteiger partial charge in [0.15, 0.2) is 11.9 Å². The van der Waals surface area contributed by atoms with Crippen LogP contribution in [-0.4, -0.2) is 0 Å². The van der Waals surface area contributed by atoms with Gasteiger partial charge in [0.2, 0.25) is 0 Å². The summed E-state index contributed by atoms with van der Waals surface area (Å²) in [5.41, 5.74) is 0.910. The minimum atomic E-state index is 0.910. The molecule has 144 valence electrons. The molecule has 0 aliphatic rings. The van der Waals surface area contributed by atoms with Gasteiger partial charge in [-0.3, -0.25) is 0 Å². The Labute approximate surface area is 156 Å². The van der Waals surface area contributed by atoms with Gasteiger partial charge in [0.05, 0.1) is 0 Å². The Morgan fingerprint density at radius 1 is 0.640 bits per heavy atom. The van der Waals surface area contributed by atoms with Crippen LogP contribution in [-0.2, 0) is 6.42 Å². The lowest BCUT2D eigenvalue weighted by Crippen LogP contribution is -2.30. The zero-order valence-electron chi connectivity index (χ0n) is 16.7. The van der Waals surface area contributed by atoms with Crippen LogP contribution >= 0.6 is 0 Å². The molecule has 2 heteroatoms. The molecule has 0 aliphatic heterocycles. The van der Waals surface area contributed by atoms with E-state index in [-0.39, 0.29) is 0 Å². The number of hydrogen-bond acceptors (Lipinski definition) is 1. The highest BCUT2D eigenvalue weighted by Crippen LogP contribution is 2.14. The smallest absolute Gasteiger partial charge is 0.192 e. The summed E-state index contributed by atoms with van der Waals surface area (Å²) in [5, 5.41) is 11.5. The molecule has 0 radical (unpaired) electrons. The molecule has 2 nitrogen and oxygen atoms in total. The van der Waals surface area contributed by atoms with Crippen LogP contribution in [0, 0.1) is 5.21 Å². The minimum Gasteiger partial charge on any atom is -0.619 e. The van der Waals surface area contributed by atoms with E-state index in [1.54, 1.807) is 12.3 Å². The quantitative estimate of drug-likeness (QED) is 0.167. The van der Waals surface area contributed by atoms with Crippen molar-refractivity contribution >= 4 is 0 Å². The number of aromatic nitrogens is 1. The largest absolute Gasteiger partial charge is 0.619 e. The molecule has 0 fully saturated rings. The summed E-state index contributed by atoms with van der Waals surface area (Å²) in [6, 6.07) is 5.69. The van der Waals surface area contributed by atoms with Crippen molar-refractivity contribution in [3.8, 4) is 0 Å². The average molecular weight is 348 g/mol. The molecule has 1 rings (SSSR count). The number of rotatable bonds is 17. The van der Waals surface area contributed by atoms with E-state index >= 15 is 0 Å². The lowest BCUT2D eigenvalue weighted by molar-refractivity contribution is -0.614. The van der Waals surface area contributed by atoms with Crippen molar-refractivity contribution in [2.45, 2.75) is 116 Å². The fourth-order valence-corrected chi connectivity index (χ4v) is 3.51. The second-order valence-electron chi connectivity index (χ2n) is 7.57. The molecule has 1 heterocycles. The molecule has 0 aromatic carbocycles. The molecule has 0 saturated carbocycles. The SMILES string of the molecule is CCCCCCCCCCCCCCCCCCc1cccc[n+]1[O-]. The normalized spacial score (nSPS) is 11.1. The predicted molar refractivity (Wildman–Crippen MR) is 109 cm³/mol. The molecule has 1 aromatic heterocycles. The first-order valence-electron chi connectivity index (χ1n) is 11.0. The Kier molecular flexibility index (Phi) is 14.4. The van der Waals surface area contributed by atoms with Gasteiger partial charge in [-0.15, -0.1) is 0 Å². The van der Waals surface area contributed by atoms with Crippen molar-refractivity contribution in [2.75, 3.05) is 0 Å². The first kappa shape index (κ1) is 22.0. The van der Waals surface area contributed by atoms with Crippen molar-refractivity contribution in [3.63, 3.8) is 0 Å². The molecule has 0 spiro atoms. The van der Waals surface area contributed by atoms with Crippen LogP contribution in [0.3, 0.4) is 0 Å². The molecule has 0 aliphatic carbocycles. The Hall–Kier alpha value is -1.05. The topological polar surface area (TPSA) is 26.9 Å². The maximum absolute atomic E-state index is 11.5. The summed E-state index contributed by atoms with van der Waals surface area (Å²) in [5.74, 6) is 0. The van der Waals surface area contributed by atoms with Crippen LogP contribution in [0.2, 0.25) is 0 Å². The maximum Gasteiger partial charge on any atom is 0.192 e. The highest BCUT2D eigenvalue weighted by Gasteiger charge is 2.02. The van der Waals surface area contributed by atoms with Gasteiger partial charge in [0, 0.05) is 18.6 Å². The summed E-state index contributed by atoms with van der Waals surface area (Å²) in [7, 11) is 0. The lowest BCUT2D eigenvalue weighted by Gasteiger charge is -2.04. The number of unbranched alkanes of at least 4 members (excludes halogenated alkanes) is 15. The molecule has 0 N–H and O–H groups in total. The third-order valence-electron chi connectivity index (χ3n) is 5.19. The van der Waals surface area contributed by atoms with Crippen molar-refractivity contribution < 1.29 is 4.73 Å². The van der Waals surface area contributed by atoms with Crippen molar-refractivity contribution in [3.05, 3.63) is 35.3 Å². The highest BCUT2D eigenvalue weighted by molar-refractivity contribution is 4.97. The van der Waals surface area contributed by atoms with Crippen molar-refractivity contribution in [2.24, 2.45) is 0 Å². The third kappa shape index (κ3) is 12.9. The highest BCUT2D eigenvalue weighted by atomic mass is 16.5. The standard InChI is InChI=1S/C23H41NO/c1-2-3-4-5-6-7-8-9-10-11-12-13-14-15-16-17-20-23-21-18-19-22-24(23)25/h18-19,21-22H,2-17,20H2,1H3. The fraction of sp³-hybridized carbons (Fsp3) is 0.783. The van der Waals surface area contributed by atoms with E-state index in [1.807, 2.05) is 12.1 Å². The van der Waals surface area contributed by atoms with Crippen LogP contribution in [0.15, 0.2) is 24.4 Å². The van der Waals surface area contributed by atoms with Gasteiger partial charge in [-0.05, 0) is 6.42 Å². The molecule has 0 saturated heterocycles. The monoisotopic (exact) mass is 347 g/mol. The van der Waals surface area contributed by atoms with Crippen LogP contribution < -0.4 is 4.73 Å². The van der Waals surface area contributed by atoms with Gasteiger partial charge < -0.3 is 5.21 Å². The molecule has 0 atom stereocenters. The predicted octanol–water partition coefficient (Wildman–Crippen LogP) is 7.12. The van der Waals surface area contributed by atoms with E-state index < -0.39 is 0 Å². The number of hydrogen-bond donors (Lipinski definition) is 0. The maximum atomic E-state index is 11.5. The molecular weight excluding hydrogens is 306 g/mol. The average Bonchev–Trinajstić information content (AvgIpc) is 2.63. The summed E-state index contributed by atoms with van der Waals surface area (Å²) in [6.45, 7) is 2.29. The van der Waals surface area contributed by atoms with Gasteiger partial charge in [0.25, 0.3) is 0 Å². The first-order chi connectivity index (χ1) is 12.3. The molecule has 0 bridgehead atoms. The fourth-order valence-electron chi connectivity index (χ4n) is 3.51. The summed E-state index contributed by atoms with van der Waals surface area (Å²) in [6.07, 6.45) is 24.7. The molecule has 1 aromatic rings. The van der Waals surface area contributed by atoms with Gasteiger partial charge in [-0.2, -0.15) is 4.73 Å². The van der Waals surface area contributed by atoms with E-state index in [1.165, 1.54) is 96.3 Å². The number of nitrogens with zero attached hydrogens (tertiary/aromatic N) is 1. The van der Waals surface area contributed by atoms with Crippen LogP contribution in [0.1, 0.15) is 115 Å². The molecule has 0 unspecified atom stereocenters. The van der Waals surface area contributed by atoms with Crippen LogP contribution in [0.4, 0.5) is 0 Å². The zero-order valence-corrected chi connectivity index (χ0v) is 16.7. The summed E-state index contributed by atoms with van der Waals surface area (Å²) >= 11 is 0. The summed E-state index contributed by atoms with van der Waals surface area (Å²) in [4.78, 5) is 0. The van der Waals surface area contributed by atoms with Crippen LogP contribution in [0.25, 0.3) is 0 Å². The molecular formula is C23H41NO. The Morgan fingerprint density at radius 3 is 1.52 bits per heavy atom. The van der Waals surface area contributed by atoms with E-state index in [0.29, 0.717) is 0 Å². The first-order valence-corrected chi connectivity index (χ1v) is 11.0. The van der Waals surface area contributed by atoms with Gasteiger partial charge >= 0.3 is 0 Å². The minimum absolute atomic E-state index is 0.910. The zero-order chi connectivity index (χ0) is 18.0. The Balaban J connectivity index is 1.75. The number of aryl methyl sites for hydroxylation is 1.